The first-order chi connectivity index (χ1) is 13.5. The molecule has 0 saturated carbocycles. The van der Waals surface area contributed by atoms with Gasteiger partial charge in [-0.2, -0.15) is 0 Å². The van der Waals surface area contributed by atoms with Gasteiger partial charge in [-0.3, -0.25) is 4.79 Å². The maximum absolute atomic E-state index is 12.6. The van der Waals surface area contributed by atoms with E-state index in [9.17, 15) is 14.7 Å². The third-order valence-electron chi connectivity index (χ3n) is 4.49. The van der Waals surface area contributed by atoms with Crippen molar-refractivity contribution in [3.05, 3.63) is 63.5 Å². The van der Waals surface area contributed by atoms with E-state index in [1.54, 1.807) is 31.4 Å². The maximum Gasteiger partial charge on any atom is 0.349 e. The molecule has 0 aliphatic heterocycles. The molecular formula is C21H22N2O5. The first-order valence-electron chi connectivity index (χ1n) is 8.95. The monoisotopic (exact) mass is 382 g/mol. The number of amides is 1. The van der Waals surface area contributed by atoms with Crippen LogP contribution in [0.3, 0.4) is 0 Å². The minimum absolute atomic E-state index is 0.0258. The molecular weight excluding hydrogens is 360 g/mol. The summed E-state index contributed by atoms with van der Waals surface area (Å²) < 4.78 is 10.8. The number of hydrogen-bond donors (Lipinski definition) is 3. The number of aromatic hydroxyl groups is 1. The molecule has 28 heavy (non-hydrogen) atoms. The van der Waals surface area contributed by atoms with Gasteiger partial charge in [0, 0.05) is 34.8 Å². The lowest BCUT2D eigenvalue weighted by Crippen LogP contribution is -2.21. The summed E-state index contributed by atoms with van der Waals surface area (Å²) in [6.45, 7) is 2.20. The summed E-state index contributed by atoms with van der Waals surface area (Å²) in [7, 11) is 1.56. The second-order valence-electron chi connectivity index (χ2n) is 6.36. The van der Waals surface area contributed by atoms with Crippen LogP contribution in [0.2, 0.25) is 0 Å². The molecule has 2 aromatic carbocycles. The Balaban J connectivity index is 1.99. The van der Waals surface area contributed by atoms with Crippen molar-refractivity contribution in [3.8, 4) is 11.5 Å². The Labute approximate surface area is 161 Å². The van der Waals surface area contributed by atoms with Gasteiger partial charge in [0.25, 0.3) is 5.91 Å². The maximum atomic E-state index is 12.6. The molecule has 0 aliphatic rings. The number of phenols is 1. The van der Waals surface area contributed by atoms with Gasteiger partial charge in [0.2, 0.25) is 0 Å². The number of anilines is 1. The van der Waals surface area contributed by atoms with Crippen LogP contribution in [0.4, 0.5) is 5.69 Å². The zero-order chi connectivity index (χ0) is 20.3. The molecule has 7 nitrogen and oxygen atoms in total. The molecule has 0 radical (unpaired) electrons. The van der Waals surface area contributed by atoms with Gasteiger partial charge in [-0.25, -0.2) is 4.79 Å². The van der Waals surface area contributed by atoms with E-state index in [1.165, 1.54) is 12.1 Å². The second kappa shape index (κ2) is 8.14. The third-order valence-corrected chi connectivity index (χ3v) is 4.49. The predicted molar refractivity (Wildman–Crippen MR) is 107 cm³/mol. The molecule has 4 N–H and O–H groups in total. The van der Waals surface area contributed by atoms with Crippen LogP contribution in [-0.2, 0) is 13.0 Å². The van der Waals surface area contributed by atoms with Gasteiger partial charge in [0.15, 0.2) is 0 Å². The minimum atomic E-state index is -0.738. The summed E-state index contributed by atoms with van der Waals surface area (Å²) in [5, 5.41) is 13.1. The Bertz CT molecular complexity index is 1090. The van der Waals surface area contributed by atoms with E-state index < -0.39 is 11.5 Å². The highest BCUT2D eigenvalue weighted by atomic mass is 16.5. The highest BCUT2D eigenvalue weighted by Crippen LogP contribution is 2.29. The first kappa shape index (κ1) is 19.4. The molecule has 0 saturated heterocycles. The number of benzene rings is 2. The van der Waals surface area contributed by atoms with E-state index in [4.69, 9.17) is 14.9 Å². The SMILES string of the molecule is CCCc1c(OC)ccc2cc(C(=O)Nc3ccc(CN)c(O)c3)c(=O)oc12. The van der Waals surface area contributed by atoms with Gasteiger partial charge in [-0.15, -0.1) is 0 Å². The van der Waals surface area contributed by atoms with Crippen LogP contribution in [0, 0.1) is 0 Å². The fraction of sp³-hybridized carbons (Fsp3) is 0.238. The number of phenolic OH excluding ortho intramolecular Hbond substituents is 1. The van der Waals surface area contributed by atoms with E-state index in [2.05, 4.69) is 5.32 Å². The molecule has 1 amide bonds. The molecule has 7 heteroatoms. The highest BCUT2D eigenvalue weighted by molar-refractivity contribution is 6.05. The Morgan fingerprint density at radius 3 is 2.68 bits per heavy atom. The van der Waals surface area contributed by atoms with E-state index in [1.807, 2.05) is 6.92 Å². The number of carbonyl (C=O) groups is 1. The van der Waals surface area contributed by atoms with E-state index in [0.29, 0.717) is 34.4 Å². The average Bonchev–Trinajstić information content (AvgIpc) is 2.68. The number of fused-ring (bicyclic) bond motifs is 1. The normalized spacial score (nSPS) is 10.8. The van der Waals surface area contributed by atoms with Crippen LogP contribution >= 0.6 is 0 Å². The number of rotatable bonds is 6. The van der Waals surface area contributed by atoms with Crippen molar-refractivity contribution < 1.29 is 19.1 Å². The van der Waals surface area contributed by atoms with Crippen molar-refractivity contribution in [2.24, 2.45) is 5.73 Å². The molecule has 0 spiro atoms. The fourth-order valence-corrected chi connectivity index (χ4v) is 3.07. The summed E-state index contributed by atoms with van der Waals surface area (Å²) in [6.07, 6.45) is 1.53. The summed E-state index contributed by atoms with van der Waals surface area (Å²) in [6, 6.07) is 9.63. The van der Waals surface area contributed by atoms with Gasteiger partial charge < -0.3 is 25.3 Å². The van der Waals surface area contributed by atoms with Crippen LogP contribution in [0.1, 0.15) is 34.8 Å². The number of hydrogen-bond acceptors (Lipinski definition) is 6. The Kier molecular flexibility index (Phi) is 5.65. The number of nitrogens with one attached hydrogen (secondary N) is 1. The third kappa shape index (κ3) is 3.70. The zero-order valence-electron chi connectivity index (χ0n) is 15.7. The predicted octanol–water partition coefficient (Wildman–Crippen LogP) is 3.17. The zero-order valence-corrected chi connectivity index (χ0v) is 15.7. The van der Waals surface area contributed by atoms with Gasteiger partial charge >= 0.3 is 5.63 Å². The molecule has 1 heterocycles. The molecule has 1 aromatic heterocycles. The van der Waals surface area contributed by atoms with E-state index >= 15 is 0 Å². The number of ether oxygens (including phenoxy) is 1. The Morgan fingerprint density at radius 1 is 1.25 bits per heavy atom. The Morgan fingerprint density at radius 2 is 2.04 bits per heavy atom. The molecule has 0 fully saturated rings. The van der Waals surface area contributed by atoms with Gasteiger partial charge in [-0.1, -0.05) is 19.4 Å². The standard InChI is InChI=1S/C21H22N2O5/c1-3-4-15-18(27-2)8-6-12-9-16(21(26)28-19(12)15)20(25)23-14-7-5-13(11-22)17(24)10-14/h5-10,24H,3-4,11,22H2,1-2H3,(H,23,25). The van der Waals surface area contributed by atoms with Gasteiger partial charge in [-0.05, 0) is 30.7 Å². The quantitative estimate of drug-likeness (QED) is 0.564. The van der Waals surface area contributed by atoms with E-state index in [0.717, 1.165) is 12.0 Å². The molecule has 0 atom stereocenters. The van der Waals surface area contributed by atoms with Crippen molar-refractivity contribution in [2.45, 2.75) is 26.3 Å². The number of methoxy groups -OCH3 is 1. The fourth-order valence-electron chi connectivity index (χ4n) is 3.07. The molecule has 0 unspecified atom stereocenters. The van der Waals surface area contributed by atoms with Crippen molar-refractivity contribution in [2.75, 3.05) is 12.4 Å². The van der Waals surface area contributed by atoms with Crippen molar-refractivity contribution >= 4 is 22.6 Å². The van der Waals surface area contributed by atoms with Crippen molar-refractivity contribution in [3.63, 3.8) is 0 Å². The summed E-state index contributed by atoms with van der Waals surface area (Å²) in [5.41, 5.74) is 6.78. The van der Waals surface area contributed by atoms with Gasteiger partial charge in [0.05, 0.1) is 7.11 Å². The van der Waals surface area contributed by atoms with Crippen molar-refractivity contribution in [1.82, 2.24) is 0 Å². The summed E-state index contributed by atoms with van der Waals surface area (Å²) >= 11 is 0. The molecule has 3 aromatic rings. The van der Waals surface area contributed by atoms with Crippen molar-refractivity contribution in [1.29, 1.82) is 0 Å². The van der Waals surface area contributed by atoms with Crippen LogP contribution in [-0.4, -0.2) is 18.1 Å². The lowest BCUT2D eigenvalue weighted by atomic mass is 10.0. The Hall–Kier alpha value is -3.32. The molecule has 3 rings (SSSR count). The summed E-state index contributed by atoms with van der Waals surface area (Å²) in [4.78, 5) is 25.0. The number of carbonyl (C=O) groups excluding carboxylic acids is 1. The first-order valence-corrected chi connectivity index (χ1v) is 8.95. The topological polar surface area (TPSA) is 115 Å². The van der Waals surface area contributed by atoms with E-state index in [-0.39, 0.29) is 17.9 Å². The number of nitrogens with two attached hydrogens (primary N) is 1. The van der Waals surface area contributed by atoms with Crippen LogP contribution < -0.4 is 21.4 Å². The molecule has 0 aliphatic carbocycles. The van der Waals surface area contributed by atoms with Crippen LogP contribution in [0.25, 0.3) is 11.0 Å². The number of aryl methyl sites for hydroxylation is 1. The lowest BCUT2D eigenvalue weighted by Gasteiger charge is -2.11. The molecule has 0 bridgehead atoms. The minimum Gasteiger partial charge on any atom is -0.508 e. The average molecular weight is 382 g/mol. The largest absolute Gasteiger partial charge is 0.508 e. The second-order valence-corrected chi connectivity index (χ2v) is 6.36. The summed E-state index contributed by atoms with van der Waals surface area (Å²) in [5.74, 6) is -0.00396. The lowest BCUT2D eigenvalue weighted by molar-refractivity contribution is 0.102. The van der Waals surface area contributed by atoms with Crippen LogP contribution in [0.5, 0.6) is 11.5 Å². The van der Waals surface area contributed by atoms with Crippen LogP contribution in [0.15, 0.2) is 45.6 Å². The smallest absolute Gasteiger partial charge is 0.349 e. The highest BCUT2D eigenvalue weighted by Gasteiger charge is 2.18. The van der Waals surface area contributed by atoms with Gasteiger partial charge in [0.1, 0.15) is 22.6 Å². The molecule has 146 valence electrons.